The second-order valence-corrected chi connectivity index (χ2v) is 6.66. The lowest BCUT2D eigenvalue weighted by molar-refractivity contribution is -0.152. The third kappa shape index (κ3) is 3.11. The lowest BCUT2D eigenvalue weighted by atomic mass is 9.83. The molecule has 2 rings (SSSR count). The zero-order valence-electron chi connectivity index (χ0n) is 12.8. The van der Waals surface area contributed by atoms with Gasteiger partial charge in [-0.1, -0.05) is 25.6 Å². The highest BCUT2D eigenvalue weighted by atomic mass is 32.2. The van der Waals surface area contributed by atoms with Crippen LogP contribution in [0.5, 0.6) is 0 Å². The van der Waals surface area contributed by atoms with E-state index in [1.165, 1.54) is 6.92 Å². The van der Waals surface area contributed by atoms with Gasteiger partial charge in [0.05, 0.1) is 12.1 Å². The summed E-state index contributed by atoms with van der Waals surface area (Å²) in [4.78, 5) is 17.9. The van der Waals surface area contributed by atoms with Crippen molar-refractivity contribution in [2.24, 2.45) is 16.8 Å². The van der Waals surface area contributed by atoms with Crippen molar-refractivity contribution in [3.05, 3.63) is 0 Å². The molecule has 20 heavy (non-hydrogen) atoms. The van der Waals surface area contributed by atoms with E-state index in [1.54, 1.807) is 11.8 Å². The SMILES string of the molecule is CCN(C)C1=N[C@@H]2[C@@H](C)[C@H](C)[C@@H](COC(C)=O)O[C@@H]2S1. The average molecular weight is 300 g/mol. The molecule has 0 aromatic heterocycles. The van der Waals surface area contributed by atoms with Gasteiger partial charge in [0.2, 0.25) is 0 Å². The Morgan fingerprint density at radius 2 is 2.15 bits per heavy atom. The average Bonchev–Trinajstić information content (AvgIpc) is 2.84. The summed E-state index contributed by atoms with van der Waals surface area (Å²) in [5.74, 6) is 0.494. The van der Waals surface area contributed by atoms with E-state index in [1.807, 2.05) is 7.05 Å². The number of carbonyl (C=O) groups excluding carboxylic acids is 1. The van der Waals surface area contributed by atoms with Gasteiger partial charge in [-0.3, -0.25) is 9.79 Å². The van der Waals surface area contributed by atoms with Crippen LogP contribution in [0.25, 0.3) is 0 Å². The largest absolute Gasteiger partial charge is 0.463 e. The van der Waals surface area contributed by atoms with Crippen LogP contribution in [0.2, 0.25) is 0 Å². The summed E-state index contributed by atoms with van der Waals surface area (Å²) in [5, 5.41) is 1.05. The van der Waals surface area contributed by atoms with Crippen molar-refractivity contribution in [1.82, 2.24) is 4.90 Å². The molecule has 0 aromatic carbocycles. The number of nitrogens with zero attached hydrogens (tertiary/aromatic N) is 2. The van der Waals surface area contributed by atoms with E-state index in [0.29, 0.717) is 18.4 Å². The number of hydrogen-bond acceptors (Lipinski definition) is 6. The van der Waals surface area contributed by atoms with Crippen LogP contribution in [0.4, 0.5) is 0 Å². The van der Waals surface area contributed by atoms with Crippen LogP contribution in [0.3, 0.4) is 0 Å². The summed E-state index contributed by atoms with van der Waals surface area (Å²) in [5.41, 5.74) is 0.0470. The molecule has 1 fully saturated rings. The van der Waals surface area contributed by atoms with E-state index in [4.69, 9.17) is 14.5 Å². The Labute approximate surface area is 125 Å². The summed E-state index contributed by atoms with van der Waals surface area (Å²) >= 11 is 1.68. The monoisotopic (exact) mass is 300 g/mol. The quantitative estimate of drug-likeness (QED) is 0.746. The molecule has 2 aliphatic heterocycles. The number of esters is 1. The first kappa shape index (κ1) is 15.6. The number of ether oxygens (including phenoxy) is 2. The summed E-state index contributed by atoms with van der Waals surface area (Å²) in [7, 11) is 2.05. The van der Waals surface area contributed by atoms with E-state index in [0.717, 1.165) is 11.7 Å². The highest BCUT2D eigenvalue weighted by Gasteiger charge is 2.46. The molecule has 5 atom stereocenters. The van der Waals surface area contributed by atoms with Gasteiger partial charge in [0.25, 0.3) is 0 Å². The molecule has 0 spiro atoms. The highest BCUT2D eigenvalue weighted by molar-refractivity contribution is 8.14. The molecule has 6 heteroatoms. The third-order valence-corrected chi connectivity index (χ3v) is 5.53. The zero-order chi connectivity index (χ0) is 14.9. The maximum absolute atomic E-state index is 11.0. The Morgan fingerprint density at radius 3 is 2.75 bits per heavy atom. The standard InChI is InChI=1S/C14H24N2O3S/c1-6-16(5)14-15-12-9(3)8(2)11(7-18-10(4)17)19-13(12)20-14/h8-9,11-13H,6-7H2,1-5H3/t8-,9-,11+,12+,13+/m0/s1. The first-order chi connectivity index (χ1) is 9.43. The zero-order valence-corrected chi connectivity index (χ0v) is 13.6. The predicted molar refractivity (Wildman–Crippen MR) is 80.7 cm³/mol. The summed E-state index contributed by atoms with van der Waals surface area (Å²) in [6.45, 7) is 9.18. The molecule has 0 radical (unpaired) electrons. The molecule has 2 heterocycles. The molecule has 0 bridgehead atoms. The van der Waals surface area contributed by atoms with Gasteiger partial charge < -0.3 is 14.4 Å². The van der Waals surface area contributed by atoms with Gasteiger partial charge in [-0.05, 0) is 18.8 Å². The molecular weight excluding hydrogens is 276 g/mol. The first-order valence-electron chi connectivity index (χ1n) is 7.18. The molecule has 0 aromatic rings. The van der Waals surface area contributed by atoms with Crippen LogP contribution in [-0.4, -0.2) is 53.8 Å². The minimum atomic E-state index is -0.252. The molecular formula is C14H24N2O3S. The summed E-state index contributed by atoms with van der Waals surface area (Å²) in [6, 6.07) is 0.201. The lowest BCUT2D eigenvalue weighted by Crippen LogP contribution is -2.47. The van der Waals surface area contributed by atoms with Crippen molar-refractivity contribution in [1.29, 1.82) is 0 Å². The third-order valence-electron chi connectivity index (χ3n) is 4.28. The molecule has 0 N–H and O–H groups in total. The van der Waals surface area contributed by atoms with Crippen LogP contribution in [-0.2, 0) is 14.3 Å². The fraction of sp³-hybridized carbons (Fsp3) is 0.857. The Bertz CT molecular complexity index is 402. The fourth-order valence-corrected chi connectivity index (χ4v) is 3.87. The number of rotatable bonds is 3. The fourth-order valence-electron chi connectivity index (χ4n) is 2.53. The van der Waals surface area contributed by atoms with Gasteiger partial charge in [-0.2, -0.15) is 0 Å². The second kappa shape index (κ2) is 6.35. The van der Waals surface area contributed by atoms with E-state index in [9.17, 15) is 4.79 Å². The van der Waals surface area contributed by atoms with Crippen molar-refractivity contribution in [3.63, 3.8) is 0 Å². The van der Waals surface area contributed by atoms with Gasteiger partial charge in [-0.25, -0.2) is 0 Å². The molecule has 0 saturated carbocycles. The molecule has 2 aliphatic rings. The number of aliphatic imine (C=N–C) groups is 1. The van der Waals surface area contributed by atoms with Crippen molar-refractivity contribution < 1.29 is 14.3 Å². The lowest BCUT2D eigenvalue weighted by Gasteiger charge is -2.40. The second-order valence-electron chi connectivity index (χ2n) is 5.60. The van der Waals surface area contributed by atoms with Crippen LogP contribution in [0.1, 0.15) is 27.7 Å². The maximum Gasteiger partial charge on any atom is 0.302 e. The van der Waals surface area contributed by atoms with Gasteiger partial charge in [0.1, 0.15) is 12.0 Å². The van der Waals surface area contributed by atoms with E-state index < -0.39 is 0 Å². The number of thioether (sulfide) groups is 1. The van der Waals surface area contributed by atoms with Crippen LogP contribution in [0, 0.1) is 11.8 Å². The highest BCUT2D eigenvalue weighted by Crippen LogP contribution is 2.42. The van der Waals surface area contributed by atoms with Crippen molar-refractivity contribution in [2.45, 2.75) is 45.3 Å². The van der Waals surface area contributed by atoms with Crippen molar-refractivity contribution in [3.8, 4) is 0 Å². The minimum Gasteiger partial charge on any atom is -0.463 e. The van der Waals surface area contributed by atoms with Crippen LogP contribution < -0.4 is 0 Å². The number of carbonyl (C=O) groups is 1. The number of hydrogen-bond donors (Lipinski definition) is 0. The Morgan fingerprint density at radius 1 is 1.45 bits per heavy atom. The van der Waals surface area contributed by atoms with Crippen LogP contribution >= 0.6 is 11.8 Å². The van der Waals surface area contributed by atoms with Crippen molar-refractivity contribution >= 4 is 22.9 Å². The molecule has 0 unspecified atom stereocenters. The number of fused-ring (bicyclic) bond motifs is 1. The molecule has 0 aliphatic carbocycles. The van der Waals surface area contributed by atoms with Gasteiger partial charge >= 0.3 is 5.97 Å². The van der Waals surface area contributed by atoms with Crippen molar-refractivity contribution in [2.75, 3.05) is 20.2 Å². The molecule has 5 nitrogen and oxygen atoms in total. The predicted octanol–water partition coefficient (Wildman–Crippen LogP) is 1.97. The Balaban J connectivity index is 2.03. The van der Waals surface area contributed by atoms with Crippen LogP contribution in [0.15, 0.2) is 4.99 Å². The molecule has 1 saturated heterocycles. The topological polar surface area (TPSA) is 51.1 Å². The summed E-state index contributed by atoms with van der Waals surface area (Å²) < 4.78 is 11.2. The normalized spacial score (nSPS) is 36.2. The van der Waals surface area contributed by atoms with E-state index >= 15 is 0 Å². The first-order valence-corrected chi connectivity index (χ1v) is 8.06. The van der Waals surface area contributed by atoms with Gasteiger partial charge in [-0.15, -0.1) is 0 Å². The molecule has 0 amide bonds. The Hall–Kier alpha value is -0.750. The van der Waals surface area contributed by atoms with Gasteiger partial charge in [0, 0.05) is 20.5 Å². The summed E-state index contributed by atoms with van der Waals surface area (Å²) in [6.07, 6.45) is -0.0378. The molecule has 114 valence electrons. The van der Waals surface area contributed by atoms with Gasteiger partial charge in [0.15, 0.2) is 5.17 Å². The van der Waals surface area contributed by atoms with E-state index in [-0.39, 0.29) is 23.6 Å². The van der Waals surface area contributed by atoms with E-state index in [2.05, 4.69) is 25.7 Å². The number of amidine groups is 1. The smallest absolute Gasteiger partial charge is 0.302 e. The maximum atomic E-state index is 11.0. The Kier molecular flexibility index (Phi) is 4.96. The minimum absolute atomic E-state index is 0.0378.